The van der Waals surface area contributed by atoms with Gasteiger partial charge in [-0.1, -0.05) is 72.8 Å². The molecule has 0 atom stereocenters. The molecule has 0 aliphatic carbocycles. The third kappa shape index (κ3) is 4.14. The molecule has 0 aliphatic heterocycles. The minimum atomic E-state index is -3.70. The second kappa shape index (κ2) is 7.32. The SMILES string of the molecule is CC(=NNS(=O)(=O)c1ccc(-c2ccccc2)cc1)c1ccccc1. The van der Waals surface area contributed by atoms with Crippen molar-refractivity contribution < 1.29 is 8.42 Å². The molecule has 0 amide bonds. The fourth-order valence-corrected chi connectivity index (χ4v) is 3.24. The Labute approximate surface area is 147 Å². The molecule has 0 heterocycles. The Kier molecular flexibility index (Phi) is 4.95. The first-order chi connectivity index (χ1) is 12.1. The summed E-state index contributed by atoms with van der Waals surface area (Å²) in [6.07, 6.45) is 0. The van der Waals surface area contributed by atoms with E-state index in [4.69, 9.17) is 0 Å². The van der Waals surface area contributed by atoms with Gasteiger partial charge in [0.25, 0.3) is 10.0 Å². The van der Waals surface area contributed by atoms with Crippen molar-refractivity contribution in [3.05, 3.63) is 90.5 Å². The highest BCUT2D eigenvalue weighted by molar-refractivity contribution is 7.89. The molecular weight excluding hydrogens is 332 g/mol. The summed E-state index contributed by atoms with van der Waals surface area (Å²) in [5.74, 6) is 0. The van der Waals surface area contributed by atoms with Crippen LogP contribution in [0.4, 0.5) is 0 Å². The van der Waals surface area contributed by atoms with Crippen molar-refractivity contribution in [2.75, 3.05) is 0 Å². The Morgan fingerprint density at radius 2 is 1.28 bits per heavy atom. The second-order valence-electron chi connectivity index (χ2n) is 5.55. The maximum atomic E-state index is 12.4. The number of hydrazone groups is 1. The third-order valence-corrected chi connectivity index (χ3v) is 5.02. The van der Waals surface area contributed by atoms with Gasteiger partial charge in [-0.3, -0.25) is 0 Å². The molecular formula is C20H18N2O2S. The predicted octanol–water partition coefficient (Wildman–Crippen LogP) is 4.06. The third-order valence-electron chi connectivity index (χ3n) is 3.80. The van der Waals surface area contributed by atoms with E-state index in [1.54, 1.807) is 31.2 Å². The van der Waals surface area contributed by atoms with E-state index in [1.807, 2.05) is 60.7 Å². The van der Waals surface area contributed by atoms with E-state index in [0.29, 0.717) is 5.71 Å². The number of hydrogen-bond acceptors (Lipinski definition) is 3. The largest absolute Gasteiger partial charge is 0.276 e. The van der Waals surface area contributed by atoms with Gasteiger partial charge in [-0.05, 0) is 35.7 Å². The maximum Gasteiger partial charge on any atom is 0.276 e. The van der Waals surface area contributed by atoms with Crippen LogP contribution in [0.15, 0.2) is 94.9 Å². The van der Waals surface area contributed by atoms with Crippen molar-refractivity contribution in [1.29, 1.82) is 0 Å². The maximum absolute atomic E-state index is 12.4. The molecule has 0 bridgehead atoms. The standard InChI is InChI=1S/C20H18N2O2S/c1-16(17-8-4-2-5-9-17)21-22-25(23,24)20-14-12-19(13-15-20)18-10-6-3-7-11-18/h2-15,22H,1H3. The van der Waals surface area contributed by atoms with Gasteiger partial charge < -0.3 is 0 Å². The van der Waals surface area contributed by atoms with Crippen molar-refractivity contribution in [2.45, 2.75) is 11.8 Å². The molecule has 0 aromatic heterocycles. The van der Waals surface area contributed by atoms with E-state index in [0.717, 1.165) is 16.7 Å². The van der Waals surface area contributed by atoms with Crippen LogP contribution < -0.4 is 4.83 Å². The van der Waals surface area contributed by atoms with Crippen molar-refractivity contribution in [3.63, 3.8) is 0 Å². The number of nitrogens with one attached hydrogen (secondary N) is 1. The van der Waals surface area contributed by atoms with E-state index >= 15 is 0 Å². The average molecular weight is 350 g/mol. The molecule has 4 nitrogen and oxygen atoms in total. The van der Waals surface area contributed by atoms with Gasteiger partial charge in [0.2, 0.25) is 0 Å². The normalized spacial score (nSPS) is 12.0. The fraction of sp³-hybridized carbons (Fsp3) is 0.0500. The lowest BCUT2D eigenvalue weighted by atomic mass is 10.1. The summed E-state index contributed by atoms with van der Waals surface area (Å²) in [5, 5.41) is 4.00. The van der Waals surface area contributed by atoms with E-state index in [9.17, 15) is 8.42 Å². The van der Waals surface area contributed by atoms with Gasteiger partial charge >= 0.3 is 0 Å². The molecule has 0 fully saturated rings. The van der Waals surface area contributed by atoms with E-state index in [2.05, 4.69) is 9.93 Å². The lowest BCUT2D eigenvalue weighted by Gasteiger charge is -2.07. The molecule has 25 heavy (non-hydrogen) atoms. The van der Waals surface area contributed by atoms with Crippen LogP contribution in [0, 0.1) is 0 Å². The van der Waals surface area contributed by atoms with Crippen molar-refractivity contribution >= 4 is 15.7 Å². The Hall–Kier alpha value is -2.92. The summed E-state index contributed by atoms with van der Waals surface area (Å²) in [6, 6.07) is 26.0. The second-order valence-corrected chi connectivity index (χ2v) is 7.21. The highest BCUT2D eigenvalue weighted by Crippen LogP contribution is 2.20. The summed E-state index contributed by atoms with van der Waals surface area (Å²) >= 11 is 0. The lowest BCUT2D eigenvalue weighted by molar-refractivity contribution is 0.584. The smallest absolute Gasteiger partial charge is 0.200 e. The van der Waals surface area contributed by atoms with E-state index < -0.39 is 10.0 Å². The minimum Gasteiger partial charge on any atom is -0.200 e. The van der Waals surface area contributed by atoms with Gasteiger partial charge in [-0.2, -0.15) is 18.4 Å². The highest BCUT2D eigenvalue weighted by Gasteiger charge is 2.13. The van der Waals surface area contributed by atoms with Gasteiger partial charge in [-0.15, -0.1) is 0 Å². The molecule has 1 N–H and O–H groups in total. The molecule has 0 spiro atoms. The Balaban J connectivity index is 1.78. The Morgan fingerprint density at radius 3 is 1.88 bits per heavy atom. The van der Waals surface area contributed by atoms with Crippen molar-refractivity contribution in [1.82, 2.24) is 4.83 Å². The molecule has 5 heteroatoms. The molecule has 0 aliphatic rings. The minimum absolute atomic E-state index is 0.178. The van der Waals surface area contributed by atoms with Gasteiger partial charge in [0, 0.05) is 0 Å². The summed E-state index contributed by atoms with van der Waals surface area (Å²) in [6.45, 7) is 1.76. The van der Waals surface area contributed by atoms with Gasteiger partial charge in [0.15, 0.2) is 0 Å². The van der Waals surface area contributed by atoms with Crippen LogP contribution in [-0.4, -0.2) is 14.1 Å². The zero-order chi connectivity index (χ0) is 17.7. The van der Waals surface area contributed by atoms with Crippen LogP contribution in [0.25, 0.3) is 11.1 Å². The molecule has 0 unspecified atom stereocenters. The zero-order valence-corrected chi connectivity index (χ0v) is 14.6. The Morgan fingerprint density at radius 1 is 0.760 bits per heavy atom. The van der Waals surface area contributed by atoms with Crippen LogP contribution in [-0.2, 0) is 10.0 Å². The van der Waals surface area contributed by atoms with E-state index in [1.165, 1.54) is 0 Å². The number of rotatable bonds is 5. The summed E-state index contributed by atoms with van der Waals surface area (Å²) < 4.78 is 24.8. The molecule has 0 saturated carbocycles. The highest BCUT2D eigenvalue weighted by atomic mass is 32.2. The summed E-state index contributed by atoms with van der Waals surface area (Å²) in [5.41, 5.74) is 3.47. The van der Waals surface area contributed by atoms with Gasteiger partial charge in [0.05, 0.1) is 10.6 Å². The molecule has 3 aromatic rings. The quantitative estimate of drug-likeness (QED) is 0.557. The van der Waals surface area contributed by atoms with Crippen LogP contribution >= 0.6 is 0 Å². The first-order valence-corrected chi connectivity index (χ1v) is 9.31. The molecule has 0 radical (unpaired) electrons. The zero-order valence-electron chi connectivity index (χ0n) is 13.8. The molecule has 3 aromatic carbocycles. The van der Waals surface area contributed by atoms with E-state index in [-0.39, 0.29) is 4.90 Å². The number of hydrogen-bond donors (Lipinski definition) is 1. The van der Waals surface area contributed by atoms with Crippen LogP contribution in [0.2, 0.25) is 0 Å². The number of sulfonamides is 1. The number of nitrogens with zero attached hydrogens (tertiary/aromatic N) is 1. The van der Waals surface area contributed by atoms with Gasteiger partial charge in [-0.25, -0.2) is 0 Å². The van der Waals surface area contributed by atoms with Crippen molar-refractivity contribution in [3.8, 4) is 11.1 Å². The Bertz CT molecular complexity index is 965. The predicted molar refractivity (Wildman–Crippen MR) is 101 cm³/mol. The molecule has 3 rings (SSSR count). The van der Waals surface area contributed by atoms with Gasteiger partial charge in [0.1, 0.15) is 0 Å². The summed E-state index contributed by atoms with van der Waals surface area (Å²) in [4.78, 5) is 2.47. The monoisotopic (exact) mass is 350 g/mol. The molecule has 0 saturated heterocycles. The number of benzene rings is 3. The van der Waals surface area contributed by atoms with Crippen LogP contribution in [0.1, 0.15) is 12.5 Å². The first kappa shape index (κ1) is 16.9. The first-order valence-electron chi connectivity index (χ1n) is 7.83. The lowest BCUT2D eigenvalue weighted by Crippen LogP contribution is -2.19. The summed E-state index contributed by atoms with van der Waals surface area (Å²) in [7, 11) is -3.70. The topological polar surface area (TPSA) is 58.5 Å². The fourth-order valence-electron chi connectivity index (χ4n) is 2.38. The van der Waals surface area contributed by atoms with Crippen LogP contribution in [0.5, 0.6) is 0 Å². The molecule has 126 valence electrons. The van der Waals surface area contributed by atoms with Crippen LogP contribution in [0.3, 0.4) is 0 Å². The van der Waals surface area contributed by atoms with Crippen molar-refractivity contribution in [2.24, 2.45) is 5.10 Å². The average Bonchev–Trinajstić information content (AvgIpc) is 2.68.